The summed E-state index contributed by atoms with van der Waals surface area (Å²) in [4.78, 5) is 0. The first-order valence-electron chi connectivity index (χ1n) is 5.49. The Labute approximate surface area is 113 Å². The summed E-state index contributed by atoms with van der Waals surface area (Å²) < 4.78 is 0.815. The van der Waals surface area contributed by atoms with Gasteiger partial charge in [-0.25, -0.2) is 0 Å². The van der Waals surface area contributed by atoms with Crippen molar-refractivity contribution in [3.63, 3.8) is 0 Å². The van der Waals surface area contributed by atoms with Crippen LogP contribution in [0.1, 0.15) is 24.0 Å². The van der Waals surface area contributed by atoms with Crippen molar-refractivity contribution < 1.29 is 5.11 Å². The summed E-state index contributed by atoms with van der Waals surface area (Å²) in [7, 11) is 0. The van der Waals surface area contributed by atoms with Crippen molar-refractivity contribution >= 4 is 28.2 Å². The average Bonchev–Trinajstić information content (AvgIpc) is 2.29. The maximum atomic E-state index is 10.7. The number of hydrogen-bond acceptors (Lipinski definition) is 3. The minimum atomic E-state index is -0.921. The van der Waals surface area contributed by atoms with Crippen molar-refractivity contribution in [2.45, 2.75) is 25.4 Å². The molecule has 1 rings (SSSR count). The van der Waals surface area contributed by atoms with Gasteiger partial charge in [0.15, 0.2) is 0 Å². The second-order valence-corrected chi connectivity index (χ2v) is 5.80. The molecule has 0 radical (unpaired) electrons. The van der Waals surface area contributed by atoms with Crippen molar-refractivity contribution in [1.29, 1.82) is 0 Å². The third-order valence-electron chi connectivity index (χ3n) is 2.74. The van der Waals surface area contributed by atoms with Crippen LogP contribution < -0.4 is 0 Å². The number of aliphatic hydroxyl groups is 1. The highest BCUT2D eigenvalue weighted by molar-refractivity contribution is 8.22. The van der Waals surface area contributed by atoms with E-state index >= 15 is 0 Å². The lowest BCUT2D eigenvalue weighted by molar-refractivity contribution is 0.0488. The summed E-state index contributed by atoms with van der Waals surface area (Å²) in [6.45, 7) is 5.74. The topological polar surface area (TPSA) is 20.2 Å². The van der Waals surface area contributed by atoms with Crippen molar-refractivity contribution in [2.24, 2.45) is 0 Å². The average molecular weight is 266 g/mol. The van der Waals surface area contributed by atoms with Crippen LogP contribution in [-0.2, 0) is 5.60 Å². The number of hydrogen-bond donors (Lipinski definition) is 1. The molecule has 0 aliphatic heterocycles. The molecule has 1 unspecified atom stereocenters. The Morgan fingerprint density at radius 3 is 2.53 bits per heavy atom. The Balaban J connectivity index is 3.01. The second kappa shape index (κ2) is 6.34. The Morgan fingerprint density at radius 1 is 1.47 bits per heavy atom. The first kappa shape index (κ1) is 14.4. The summed E-state index contributed by atoms with van der Waals surface area (Å²) in [6.07, 6.45) is 4.67. The summed E-state index contributed by atoms with van der Waals surface area (Å²) in [5.74, 6) is 0. The monoisotopic (exact) mass is 266 g/mol. The maximum absolute atomic E-state index is 10.7. The van der Waals surface area contributed by atoms with Crippen LogP contribution in [0.25, 0.3) is 0 Å². The quantitative estimate of drug-likeness (QED) is 0.646. The van der Waals surface area contributed by atoms with Crippen molar-refractivity contribution in [3.05, 3.63) is 48.0 Å². The molecule has 0 aliphatic rings. The molecular weight excluding hydrogens is 248 g/mol. The van der Waals surface area contributed by atoms with Gasteiger partial charge in [0.25, 0.3) is 0 Å². The van der Waals surface area contributed by atoms with E-state index < -0.39 is 5.60 Å². The third kappa shape index (κ3) is 3.95. The van der Waals surface area contributed by atoms with Crippen molar-refractivity contribution in [3.8, 4) is 0 Å². The summed E-state index contributed by atoms with van der Waals surface area (Å²) >= 11 is 6.72. The Morgan fingerprint density at radius 2 is 2.06 bits per heavy atom. The van der Waals surface area contributed by atoms with Crippen LogP contribution >= 0.6 is 24.0 Å². The Hall–Kier alpha value is -0.640. The van der Waals surface area contributed by atoms with E-state index in [0.29, 0.717) is 12.8 Å². The van der Waals surface area contributed by atoms with E-state index in [1.807, 2.05) is 37.4 Å². The predicted molar refractivity (Wildman–Crippen MR) is 80.6 cm³/mol. The molecule has 0 fully saturated rings. The summed E-state index contributed by atoms with van der Waals surface area (Å²) in [5.41, 5.74) is 1.16. The molecule has 0 aromatic heterocycles. The fraction of sp³-hybridized carbons (Fsp3) is 0.357. The first-order chi connectivity index (χ1) is 8.01. The predicted octanol–water partition coefficient (Wildman–Crippen LogP) is 3.84. The smallest absolute Gasteiger partial charge is 0.0984 e. The van der Waals surface area contributed by atoms with Gasteiger partial charge in [-0.1, -0.05) is 48.1 Å². The molecule has 1 N–H and O–H groups in total. The molecule has 1 atom stereocenters. The van der Waals surface area contributed by atoms with E-state index in [4.69, 9.17) is 12.2 Å². The largest absolute Gasteiger partial charge is 0.384 e. The molecule has 1 aromatic rings. The Bertz CT molecular complexity index is 397. The van der Waals surface area contributed by atoms with Crippen LogP contribution in [0.3, 0.4) is 0 Å². The number of benzene rings is 1. The second-order valence-electron chi connectivity index (χ2n) is 4.14. The van der Waals surface area contributed by atoms with Gasteiger partial charge in [-0.2, -0.15) is 0 Å². The summed E-state index contributed by atoms with van der Waals surface area (Å²) in [6, 6.07) is 7.93. The zero-order chi connectivity index (χ0) is 12.9. The zero-order valence-electron chi connectivity index (χ0n) is 10.3. The highest BCUT2D eigenvalue weighted by Gasteiger charge is 2.28. The van der Waals surface area contributed by atoms with E-state index in [1.54, 1.807) is 6.08 Å². The summed E-state index contributed by atoms with van der Waals surface area (Å²) in [5, 5.41) is 10.7. The van der Waals surface area contributed by atoms with Crippen LogP contribution in [0.5, 0.6) is 0 Å². The molecule has 0 spiro atoms. The lowest BCUT2D eigenvalue weighted by atomic mass is 9.87. The van der Waals surface area contributed by atoms with E-state index in [1.165, 1.54) is 17.3 Å². The van der Waals surface area contributed by atoms with Gasteiger partial charge >= 0.3 is 0 Å². The fourth-order valence-corrected chi connectivity index (χ4v) is 2.33. The van der Waals surface area contributed by atoms with Gasteiger partial charge in [0.1, 0.15) is 0 Å². The van der Waals surface area contributed by atoms with Gasteiger partial charge in [0.2, 0.25) is 0 Å². The molecule has 0 aliphatic carbocycles. The lowest BCUT2D eigenvalue weighted by Gasteiger charge is -2.27. The van der Waals surface area contributed by atoms with Gasteiger partial charge in [-0.3, -0.25) is 0 Å². The molecule has 0 amide bonds. The van der Waals surface area contributed by atoms with Crippen LogP contribution in [0, 0.1) is 6.92 Å². The standard InChI is InChI=1S/C14H18OS2/c1-4-9-14(15,10-13(16)17-3)12-7-5-11(2)6-8-12/h4-8,15H,1,9-10H2,2-3H3. The van der Waals surface area contributed by atoms with Crippen LogP contribution in [-0.4, -0.2) is 15.6 Å². The molecule has 3 heteroatoms. The molecule has 0 saturated carbocycles. The van der Waals surface area contributed by atoms with Gasteiger partial charge < -0.3 is 5.11 Å². The van der Waals surface area contributed by atoms with E-state index in [-0.39, 0.29) is 0 Å². The van der Waals surface area contributed by atoms with Crippen molar-refractivity contribution in [1.82, 2.24) is 0 Å². The van der Waals surface area contributed by atoms with Gasteiger partial charge in [-0.05, 0) is 25.2 Å². The molecule has 0 heterocycles. The molecule has 1 aromatic carbocycles. The van der Waals surface area contributed by atoms with Crippen molar-refractivity contribution in [2.75, 3.05) is 6.26 Å². The van der Waals surface area contributed by atoms with Gasteiger partial charge in [0, 0.05) is 6.42 Å². The van der Waals surface area contributed by atoms with Crippen LogP contribution in [0.4, 0.5) is 0 Å². The first-order valence-corrected chi connectivity index (χ1v) is 7.12. The normalized spacial score (nSPS) is 14.1. The number of rotatable bonds is 5. The zero-order valence-corrected chi connectivity index (χ0v) is 11.9. The molecule has 0 bridgehead atoms. The maximum Gasteiger partial charge on any atom is 0.0984 e. The highest BCUT2D eigenvalue weighted by Crippen LogP contribution is 2.31. The number of thioether (sulfide) groups is 1. The number of aryl methyl sites for hydroxylation is 1. The van der Waals surface area contributed by atoms with Gasteiger partial charge in [0.05, 0.1) is 9.80 Å². The fourth-order valence-electron chi connectivity index (χ4n) is 1.71. The Kier molecular flexibility index (Phi) is 5.37. The SMILES string of the molecule is C=CCC(O)(CC(=S)SC)c1ccc(C)cc1. The van der Waals surface area contributed by atoms with E-state index in [0.717, 1.165) is 9.76 Å². The van der Waals surface area contributed by atoms with Crippen LogP contribution in [0.2, 0.25) is 0 Å². The molecular formula is C14H18OS2. The third-order valence-corrected chi connectivity index (χ3v) is 3.98. The molecule has 0 saturated heterocycles. The molecule has 92 valence electrons. The molecule has 1 nitrogen and oxygen atoms in total. The minimum absolute atomic E-state index is 0.485. The van der Waals surface area contributed by atoms with Crippen LogP contribution in [0.15, 0.2) is 36.9 Å². The van der Waals surface area contributed by atoms with E-state index in [2.05, 4.69) is 6.58 Å². The minimum Gasteiger partial charge on any atom is -0.384 e. The lowest BCUT2D eigenvalue weighted by Crippen LogP contribution is -2.27. The molecule has 17 heavy (non-hydrogen) atoms. The van der Waals surface area contributed by atoms with Gasteiger partial charge in [-0.15, -0.1) is 18.3 Å². The highest BCUT2D eigenvalue weighted by atomic mass is 32.2. The van der Waals surface area contributed by atoms with E-state index in [9.17, 15) is 5.11 Å². The number of thiocarbonyl (C=S) groups is 1.